The number of hydrogen-bond donors (Lipinski definition) is 1. The maximum Gasteiger partial charge on any atom is 0.140 e. The molecule has 1 rings (SSSR count). The normalized spacial score (nSPS) is 11.4. The predicted octanol–water partition coefficient (Wildman–Crippen LogP) is 3.49. The first kappa shape index (κ1) is 13.0. The van der Waals surface area contributed by atoms with Crippen LogP contribution in [0.4, 0.5) is 0 Å². The zero-order chi connectivity index (χ0) is 12.3. The van der Waals surface area contributed by atoms with Gasteiger partial charge >= 0.3 is 0 Å². The van der Waals surface area contributed by atoms with Crippen molar-refractivity contribution in [2.45, 2.75) is 47.5 Å². The molecule has 1 aromatic heterocycles. The standard InChI is InChI=1S/C14H23NO/c1-9(2)6-12-8-15-11(5)14(16)13(12)7-10(3)4/h8-10,16H,6-7H2,1-5H3. The van der Waals surface area contributed by atoms with Gasteiger partial charge < -0.3 is 5.11 Å². The van der Waals surface area contributed by atoms with Gasteiger partial charge in [-0.2, -0.15) is 0 Å². The van der Waals surface area contributed by atoms with Gasteiger partial charge in [-0.15, -0.1) is 0 Å². The molecule has 0 saturated heterocycles. The van der Waals surface area contributed by atoms with E-state index in [1.54, 1.807) is 0 Å². The lowest BCUT2D eigenvalue weighted by Gasteiger charge is -2.15. The summed E-state index contributed by atoms with van der Waals surface area (Å²) in [7, 11) is 0. The van der Waals surface area contributed by atoms with Crippen LogP contribution < -0.4 is 0 Å². The molecule has 0 unspecified atom stereocenters. The monoisotopic (exact) mass is 221 g/mol. The number of aromatic nitrogens is 1. The van der Waals surface area contributed by atoms with Crippen LogP contribution in [0.15, 0.2) is 6.20 Å². The van der Waals surface area contributed by atoms with E-state index in [-0.39, 0.29) is 0 Å². The molecule has 0 bridgehead atoms. The smallest absolute Gasteiger partial charge is 0.140 e. The quantitative estimate of drug-likeness (QED) is 0.844. The van der Waals surface area contributed by atoms with Crippen molar-refractivity contribution < 1.29 is 5.11 Å². The zero-order valence-corrected chi connectivity index (χ0v) is 11.0. The summed E-state index contributed by atoms with van der Waals surface area (Å²) in [5.74, 6) is 1.54. The summed E-state index contributed by atoms with van der Waals surface area (Å²) in [6.45, 7) is 10.6. The van der Waals surface area contributed by atoms with Crippen molar-refractivity contribution in [2.24, 2.45) is 11.8 Å². The molecule has 0 radical (unpaired) electrons. The molecule has 1 heterocycles. The van der Waals surface area contributed by atoms with Crippen LogP contribution in [0.1, 0.15) is 44.5 Å². The van der Waals surface area contributed by atoms with Crippen LogP contribution in [-0.2, 0) is 12.8 Å². The Hall–Kier alpha value is -1.05. The Morgan fingerprint density at radius 3 is 2.19 bits per heavy atom. The molecule has 1 aromatic rings. The Balaban J connectivity index is 3.11. The van der Waals surface area contributed by atoms with Gasteiger partial charge in [0.2, 0.25) is 0 Å². The van der Waals surface area contributed by atoms with Crippen molar-refractivity contribution in [3.63, 3.8) is 0 Å². The highest BCUT2D eigenvalue weighted by atomic mass is 16.3. The Labute approximate surface area is 98.7 Å². The van der Waals surface area contributed by atoms with Gasteiger partial charge in [-0.25, -0.2) is 0 Å². The van der Waals surface area contributed by atoms with E-state index < -0.39 is 0 Å². The lowest BCUT2D eigenvalue weighted by molar-refractivity contribution is 0.451. The summed E-state index contributed by atoms with van der Waals surface area (Å²) in [6.07, 6.45) is 3.84. The van der Waals surface area contributed by atoms with E-state index in [0.29, 0.717) is 17.6 Å². The zero-order valence-electron chi connectivity index (χ0n) is 11.0. The largest absolute Gasteiger partial charge is 0.506 e. The maximum atomic E-state index is 10.1. The van der Waals surface area contributed by atoms with E-state index in [2.05, 4.69) is 32.7 Å². The molecular formula is C14H23NO. The van der Waals surface area contributed by atoms with Crippen LogP contribution in [0.25, 0.3) is 0 Å². The van der Waals surface area contributed by atoms with Gasteiger partial charge in [0.05, 0.1) is 5.69 Å². The molecule has 0 aliphatic rings. The fourth-order valence-electron chi connectivity index (χ4n) is 1.94. The average molecular weight is 221 g/mol. The first-order valence-electron chi connectivity index (χ1n) is 6.08. The van der Waals surface area contributed by atoms with Crippen LogP contribution >= 0.6 is 0 Å². The minimum Gasteiger partial charge on any atom is -0.506 e. The molecule has 1 N–H and O–H groups in total. The second-order valence-electron chi connectivity index (χ2n) is 5.39. The fraction of sp³-hybridized carbons (Fsp3) is 0.643. The number of aromatic hydroxyl groups is 1. The molecule has 0 saturated carbocycles. The number of aryl methyl sites for hydroxylation is 1. The number of pyridine rings is 1. The minimum absolute atomic E-state index is 0.395. The van der Waals surface area contributed by atoms with Gasteiger partial charge in [-0.3, -0.25) is 4.98 Å². The molecule has 0 aliphatic carbocycles. The first-order valence-corrected chi connectivity index (χ1v) is 6.08. The van der Waals surface area contributed by atoms with Crippen molar-refractivity contribution in [2.75, 3.05) is 0 Å². The van der Waals surface area contributed by atoms with E-state index in [1.807, 2.05) is 13.1 Å². The van der Waals surface area contributed by atoms with E-state index in [0.717, 1.165) is 24.1 Å². The van der Waals surface area contributed by atoms with Crippen molar-refractivity contribution in [1.82, 2.24) is 4.98 Å². The molecule has 0 fully saturated rings. The highest BCUT2D eigenvalue weighted by molar-refractivity contribution is 5.41. The molecular weight excluding hydrogens is 198 g/mol. The van der Waals surface area contributed by atoms with Gasteiger partial charge in [-0.05, 0) is 37.2 Å². The third kappa shape index (κ3) is 3.22. The lowest BCUT2D eigenvalue weighted by atomic mass is 9.93. The van der Waals surface area contributed by atoms with E-state index >= 15 is 0 Å². The SMILES string of the molecule is Cc1ncc(CC(C)C)c(CC(C)C)c1O. The molecule has 0 atom stereocenters. The third-order valence-electron chi connectivity index (χ3n) is 2.67. The summed E-state index contributed by atoms with van der Waals surface area (Å²) in [5, 5.41) is 10.1. The van der Waals surface area contributed by atoms with Crippen LogP contribution in [0.5, 0.6) is 5.75 Å². The Bertz CT molecular complexity index is 356. The lowest BCUT2D eigenvalue weighted by Crippen LogP contribution is -2.05. The highest BCUT2D eigenvalue weighted by Crippen LogP contribution is 2.27. The van der Waals surface area contributed by atoms with Gasteiger partial charge in [0.15, 0.2) is 0 Å². The summed E-state index contributed by atoms with van der Waals surface area (Å²) >= 11 is 0. The Kier molecular flexibility index (Phi) is 4.34. The molecule has 2 heteroatoms. The average Bonchev–Trinajstić information content (AvgIpc) is 2.16. The summed E-state index contributed by atoms with van der Waals surface area (Å²) in [6, 6.07) is 0. The van der Waals surface area contributed by atoms with Crippen LogP contribution in [0.3, 0.4) is 0 Å². The van der Waals surface area contributed by atoms with Gasteiger partial charge in [-0.1, -0.05) is 27.7 Å². The summed E-state index contributed by atoms with van der Waals surface area (Å²) in [4.78, 5) is 4.25. The molecule has 0 aliphatic heterocycles. The van der Waals surface area contributed by atoms with Crippen molar-refractivity contribution in [3.05, 3.63) is 23.0 Å². The minimum atomic E-state index is 0.395. The van der Waals surface area contributed by atoms with Crippen LogP contribution in [0, 0.1) is 18.8 Å². The maximum absolute atomic E-state index is 10.1. The van der Waals surface area contributed by atoms with Crippen LogP contribution in [-0.4, -0.2) is 10.1 Å². The molecule has 2 nitrogen and oxygen atoms in total. The second kappa shape index (κ2) is 5.33. The summed E-state index contributed by atoms with van der Waals surface area (Å²) in [5.41, 5.74) is 3.03. The topological polar surface area (TPSA) is 33.1 Å². The van der Waals surface area contributed by atoms with Gasteiger partial charge in [0.25, 0.3) is 0 Å². The number of rotatable bonds is 4. The predicted molar refractivity (Wildman–Crippen MR) is 67.7 cm³/mol. The van der Waals surface area contributed by atoms with Crippen LogP contribution in [0.2, 0.25) is 0 Å². The van der Waals surface area contributed by atoms with Gasteiger partial charge in [0, 0.05) is 11.8 Å². The first-order chi connectivity index (χ1) is 7.41. The highest BCUT2D eigenvalue weighted by Gasteiger charge is 2.13. The molecule has 16 heavy (non-hydrogen) atoms. The fourth-order valence-corrected chi connectivity index (χ4v) is 1.94. The molecule has 0 amide bonds. The number of nitrogens with zero attached hydrogens (tertiary/aromatic N) is 1. The summed E-state index contributed by atoms with van der Waals surface area (Å²) < 4.78 is 0. The van der Waals surface area contributed by atoms with E-state index in [9.17, 15) is 5.11 Å². The molecule has 90 valence electrons. The Morgan fingerprint density at radius 1 is 1.12 bits per heavy atom. The van der Waals surface area contributed by atoms with Crippen molar-refractivity contribution in [1.29, 1.82) is 0 Å². The van der Waals surface area contributed by atoms with Crippen molar-refractivity contribution in [3.8, 4) is 5.75 Å². The van der Waals surface area contributed by atoms with Crippen molar-refractivity contribution >= 4 is 0 Å². The molecule has 0 aromatic carbocycles. The van der Waals surface area contributed by atoms with Gasteiger partial charge in [0.1, 0.15) is 5.75 Å². The molecule has 0 spiro atoms. The second-order valence-corrected chi connectivity index (χ2v) is 5.39. The van der Waals surface area contributed by atoms with E-state index in [1.165, 1.54) is 5.56 Å². The third-order valence-corrected chi connectivity index (χ3v) is 2.67. The number of hydrogen-bond acceptors (Lipinski definition) is 2. The van der Waals surface area contributed by atoms with E-state index in [4.69, 9.17) is 0 Å². The Morgan fingerprint density at radius 2 is 1.69 bits per heavy atom.